The maximum Gasteiger partial charge on any atom is 0.270 e. The van der Waals surface area contributed by atoms with E-state index in [2.05, 4.69) is 22.1 Å². The second kappa shape index (κ2) is 8.37. The highest BCUT2D eigenvalue weighted by Gasteiger charge is 2.13. The van der Waals surface area contributed by atoms with Gasteiger partial charge in [0.15, 0.2) is 5.16 Å². The molecule has 0 aliphatic heterocycles. The van der Waals surface area contributed by atoms with E-state index < -0.39 is 5.56 Å². The Morgan fingerprint density at radius 3 is 2.73 bits per heavy atom. The van der Waals surface area contributed by atoms with E-state index in [0.29, 0.717) is 28.8 Å². The van der Waals surface area contributed by atoms with Gasteiger partial charge >= 0.3 is 0 Å². The van der Waals surface area contributed by atoms with E-state index in [0.717, 1.165) is 6.42 Å². The molecule has 0 radical (unpaired) electrons. The van der Waals surface area contributed by atoms with Crippen LogP contribution in [-0.4, -0.2) is 22.8 Å². The first kappa shape index (κ1) is 17.8. The lowest BCUT2D eigenvalue weighted by atomic mass is 10.1. The van der Waals surface area contributed by atoms with Crippen LogP contribution in [0.1, 0.15) is 11.1 Å². The Hall–Kier alpha value is -3.04. The first-order valence-corrected chi connectivity index (χ1v) is 9.29. The molecule has 130 valence electrons. The Labute approximate surface area is 155 Å². The minimum Gasteiger partial charge on any atom is -0.493 e. The molecule has 0 fully saturated rings. The number of hydrogen-bond acceptors (Lipinski definition) is 5. The molecule has 0 saturated carbocycles. The van der Waals surface area contributed by atoms with Crippen LogP contribution in [0.4, 0.5) is 0 Å². The van der Waals surface area contributed by atoms with Crippen molar-refractivity contribution in [3.8, 4) is 23.1 Å². The van der Waals surface area contributed by atoms with E-state index in [9.17, 15) is 10.1 Å². The van der Waals surface area contributed by atoms with Crippen LogP contribution in [-0.2, 0) is 6.42 Å². The third-order valence-corrected chi connectivity index (χ3v) is 4.39. The van der Waals surface area contributed by atoms with Gasteiger partial charge in [0.25, 0.3) is 5.56 Å². The quantitative estimate of drug-likeness (QED) is 0.534. The summed E-state index contributed by atoms with van der Waals surface area (Å²) in [7, 11) is 0. The topological polar surface area (TPSA) is 78.8 Å². The summed E-state index contributed by atoms with van der Waals surface area (Å²) in [5, 5.41) is 9.78. The van der Waals surface area contributed by atoms with Gasteiger partial charge in [-0.25, -0.2) is 4.98 Å². The molecule has 5 nitrogen and oxygen atoms in total. The smallest absolute Gasteiger partial charge is 0.270 e. The highest BCUT2D eigenvalue weighted by atomic mass is 32.2. The number of aromatic amines is 1. The largest absolute Gasteiger partial charge is 0.493 e. The molecule has 1 aromatic heterocycles. The fourth-order valence-electron chi connectivity index (χ4n) is 2.53. The zero-order valence-corrected chi connectivity index (χ0v) is 15.0. The Kier molecular flexibility index (Phi) is 5.72. The van der Waals surface area contributed by atoms with Crippen molar-refractivity contribution < 1.29 is 4.74 Å². The van der Waals surface area contributed by atoms with Crippen LogP contribution < -0.4 is 10.3 Å². The number of thioether (sulfide) groups is 1. The maximum atomic E-state index is 12.1. The van der Waals surface area contributed by atoms with Crippen LogP contribution in [0.5, 0.6) is 5.75 Å². The number of nitrogens with zero attached hydrogens (tertiary/aromatic N) is 2. The highest BCUT2D eigenvalue weighted by Crippen LogP contribution is 2.25. The molecule has 1 N–H and O–H groups in total. The van der Waals surface area contributed by atoms with E-state index in [1.807, 2.05) is 48.7 Å². The van der Waals surface area contributed by atoms with E-state index in [-0.39, 0.29) is 5.56 Å². The van der Waals surface area contributed by atoms with Gasteiger partial charge in [-0.2, -0.15) is 5.26 Å². The molecule has 0 amide bonds. The average Bonchev–Trinajstić information content (AvgIpc) is 2.68. The van der Waals surface area contributed by atoms with Gasteiger partial charge in [-0.1, -0.05) is 54.2 Å². The summed E-state index contributed by atoms with van der Waals surface area (Å²) < 4.78 is 5.83. The number of nitriles is 1. The van der Waals surface area contributed by atoms with Gasteiger partial charge in [-0.3, -0.25) is 4.79 Å². The Bertz CT molecular complexity index is 994. The minimum absolute atomic E-state index is 0.00392. The van der Waals surface area contributed by atoms with Gasteiger partial charge in [0.05, 0.1) is 12.3 Å². The number of rotatable bonds is 6. The minimum atomic E-state index is -0.433. The molecule has 0 spiro atoms. The van der Waals surface area contributed by atoms with Crippen molar-refractivity contribution in [1.82, 2.24) is 9.97 Å². The van der Waals surface area contributed by atoms with Crippen LogP contribution in [0.2, 0.25) is 0 Å². The standard InChI is InChI=1S/C20H17N3O2S/c1-26-20-22-18(17(13-21)19(24)23-20)15-8-5-9-16(12-15)25-11-10-14-6-3-2-4-7-14/h2-9,12H,10-11H2,1H3,(H,22,23,24). The lowest BCUT2D eigenvalue weighted by Gasteiger charge is -2.09. The molecule has 1 heterocycles. The van der Waals surface area contributed by atoms with Crippen molar-refractivity contribution >= 4 is 11.8 Å². The fourth-order valence-corrected chi connectivity index (χ4v) is 2.90. The molecule has 2 aromatic carbocycles. The number of ether oxygens (including phenoxy) is 1. The van der Waals surface area contributed by atoms with Crippen molar-refractivity contribution in [3.05, 3.63) is 76.1 Å². The third kappa shape index (κ3) is 4.13. The van der Waals surface area contributed by atoms with Gasteiger partial charge in [0.2, 0.25) is 0 Å². The summed E-state index contributed by atoms with van der Waals surface area (Å²) in [4.78, 5) is 19.1. The van der Waals surface area contributed by atoms with Gasteiger partial charge in [-0.15, -0.1) is 0 Å². The Morgan fingerprint density at radius 2 is 2.00 bits per heavy atom. The summed E-state index contributed by atoms with van der Waals surface area (Å²) in [6.45, 7) is 0.539. The van der Waals surface area contributed by atoms with Gasteiger partial charge in [0.1, 0.15) is 17.4 Å². The molecule has 0 aliphatic rings. The second-order valence-electron chi connectivity index (χ2n) is 5.52. The molecule has 3 rings (SSSR count). The molecule has 6 heteroatoms. The normalized spacial score (nSPS) is 10.3. The SMILES string of the molecule is CSc1nc(-c2cccc(OCCc3ccccc3)c2)c(C#N)c(=O)[nH]1. The first-order valence-electron chi connectivity index (χ1n) is 8.07. The lowest BCUT2D eigenvalue weighted by Crippen LogP contribution is -2.14. The lowest BCUT2D eigenvalue weighted by molar-refractivity contribution is 0.322. The monoisotopic (exact) mass is 363 g/mol. The first-order chi connectivity index (χ1) is 12.7. The molecular formula is C20H17N3O2S. The van der Waals surface area contributed by atoms with Gasteiger partial charge in [0, 0.05) is 12.0 Å². The van der Waals surface area contributed by atoms with Crippen LogP contribution in [0.15, 0.2) is 64.5 Å². The number of benzene rings is 2. The van der Waals surface area contributed by atoms with E-state index in [1.54, 1.807) is 6.07 Å². The van der Waals surface area contributed by atoms with Crippen LogP contribution in [0, 0.1) is 11.3 Å². The van der Waals surface area contributed by atoms with E-state index in [4.69, 9.17) is 4.74 Å². The van der Waals surface area contributed by atoms with Crippen LogP contribution in [0.3, 0.4) is 0 Å². The van der Waals surface area contributed by atoms with Crippen LogP contribution >= 0.6 is 11.8 Å². The fraction of sp³-hybridized carbons (Fsp3) is 0.150. The molecule has 0 bridgehead atoms. The number of aromatic nitrogens is 2. The number of H-pyrrole nitrogens is 1. The molecule has 3 aromatic rings. The van der Waals surface area contributed by atoms with E-state index in [1.165, 1.54) is 17.3 Å². The summed E-state index contributed by atoms with van der Waals surface area (Å²) >= 11 is 1.32. The third-order valence-electron chi connectivity index (χ3n) is 3.81. The summed E-state index contributed by atoms with van der Waals surface area (Å²) in [6.07, 6.45) is 2.62. The molecule has 0 atom stereocenters. The van der Waals surface area contributed by atoms with Crippen molar-refractivity contribution in [2.24, 2.45) is 0 Å². The number of hydrogen-bond donors (Lipinski definition) is 1. The van der Waals surface area contributed by atoms with Crippen molar-refractivity contribution in [2.45, 2.75) is 11.6 Å². The predicted molar refractivity (Wildman–Crippen MR) is 102 cm³/mol. The average molecular weight is 363 g/mol. The zero-order chi connectivity index (χ0) is 18.4. The Morgan fingerprint density at radius 1 is 1.19 bits per heavy atom. The Balaban J connectivity index is 1.82. The molecule has 0 unspecified atom stereocenters. The highest BCUT2D eigenvalue weighted by molar-refractivity contribution is 7.98. The van der Waals surface area contributed by atoms with E-state index >= 15 is 0 Å². The van der Waals surface area contributed by atoms with Gasteiger partial charge in [-0.05, 0) is 24.0 Å². The van der Waals surface area contributed by atoms with Crippen LogP contribution in [0.25, 0.3) is 11.3 Å². The molecule has 0 saturated heterocycles. The molecular weight excluding hydrogens is 346 g/mol. The summed E-state index contributed by atoms with van der Waals surface area (Å²) in [5.74, 6) is 0.676. The number of nitrogens with one attached hydrogen (secondary N) is 1. The zero-order valence-electron chi connectivity index (χ0n) is 14.2. The summed E-state index contributed by atoms with van der Waals surface area (Å²) in [5.41, 5.74) is 1.83. The summed E-state index contributed by atoms with van der Waals surface area (Å²) in [6, 6.07) is 19.3. The maximum absolute atomic E-state index is 12.1. The van der Waals surface area contributed by atoms with Crippen molar-refractivity contribution in [2.75, 3.05) is 12.9 Å². The van der Waals surface area contributed by atoms with Crippen molar-refractivity contribution in [1.29, 1.82) is 5.26 Å². The predicted octanol–water partition coefficient (Wildman–Crippen LogP) is 3.65. The molecule has 26 heavy (non-hydrogen) atoms. The molecule has 0 aliphatic carbocycles. The second-order valence-corrected chi connectivity index (χ2v) is 6.32. The van der Waals surface area contributed by atoms with Gasteiger partial charge < -0.3 is 9.72 Å². The van der Waals surface area contributed by atoms with Crippen molar-refractivity contribution in [3.63, 3.8) is 0 Å².